The van der Waals surface area contributed by atoms with Crippen molar-refractivity contribution in [1.29, 1.82) is 0 Å². The van der Waals surface area contributed by atoms with Crippen LogP contribution < -0.4 is 16.4 Å². The van der Waals surface area contributed by atoms with Crippen LogP contribution in [-0.2, 0) is 9.59 Å². The summed E-state index contributed by atoms with van der Waals surface area (Å²) < 4.78 is 0. The zero-order valence-corrected chi connectivity index (χ0v) is 12.6. The lowest BCUT2D eigenvalue weighted by atomic mass is 9.79. The van der Waals surface area contributed by atoms with Crippen molar-refractivity contribution in [2.45, 2.75) is 39.5 Å². The van der Waals surface area contributed by atoms with Crippen LogP contribution in [0.1, 0.15) is 39.5 Å². The number of nitrogens with one attached hydrogen (secondary N) is 2. The van der Waals surface area contributed by atoms with Crippen LogP contribution in [0.2, 0.25) is 0 Å². The monoisotopic (exact) mass is 299 g/mol. The summed E-state index contributed by atoms with van der Waals surface area (Å²) in [6, 6.07) is -0.404. The molecule has 0 heterocycles. The zero-order chi connectivity index (χ0) is 16.0. The van der Waals surface area contributed by atoms with Gasteiger partial charge in [-0.05, 0) is 32.6 Å². The van der Waals surface area contributed by atoms with Crippen molar-refractivity contribution in [3.05, 3.63) is 0 Å². The van der Waals surface area contributed by atoms with Crippen molar-refractivity contribution >= 4 is 17.9 Å². The predicted molar refractivity (Wildman–Crippen MR) is 77.5 cm³/mol. The highest BCUT2D eigenvalue weighted by molar-refractivity contribution is 5.81. The Morgan fingerprint density at radius 1 is 1.19 bits per heavy atom. The van der Waals surface area contributed by atoms with E-state index in [2.05, 4.69) is 10.6 Å². The molecule has 1 saturated carbocycles. The molecule has 21 heavy (non-hydrogen) atoms. The first-order valence-corrected chi connectivity index (χ1v) is 7.28. The Hall–Kier alpha value is -1.79. The quantitative estimate of drug-likeness (QED) is 0.576. The largest absolute Gasteiger partial charge is 0.481 e. The minimum absolute atomic E-state index is 0.0360. The van der Waals surface area contributed by atoms with Gasteiger partial charge < -0.3 is 21.5 Å². The Kier molecular flexibility index (Phi) is 5.99. The Balaban J connectivity index is 2.38. The summed E-state index contributed by atoms with van der Waals surface area (Å²) in [4.78, 5) is 34.0. The highest BCUT2D eigenvalue weighted by Crippen LogP contribution is 2.29. The third kappa shape index (κ3) is 5.24. The number of carboxylic acids is 1. The molecule has 2 atom stereocenters. The van der Waals surface area contributed by atoms with Crippen molar-refractivity contribution in [3.63, 3.8) is 0 Å². The first kappa shape index (κ1) is 17.3. The van der Waals surface area contributed by atoms with Crippen LogP contribution in [0.25, 0.3) is 0 Å². The first-order valence-electron chi connectivity index (χ1n) is 7.28. The number of amides is 3. The van der Waals surface area contributed by atoms with Gasteiger partial charge in [0.2, 0.25) is 5.91 Å². The summed E-state index contributed by atoms with van der Waals surface area (Å²) in [6.45, 7) is 3.77. The van der Waals surface area contributed by atoms with Gasteiger partial charge in [-0.3, -0.25) is 9.59 Å². The van der Waals surface area contributed by atoms with Gasteiger partial charge in [-0.1, -0.05) is 12.8 Å². The molecule has 0 aliphatic heterocycles. The Morgan fingerprint density at radius 2 is 1.81 bits per heavy atom. The lowest BCUT2D eigenvalue weighted by molar-refractivity contribution is -0.144. The Labute approximate surface area is 124 Å². The second kappa shape index (κ2) is 7.28. The molecular formula is C14H25N3O4. The van der Waals surface area contributed by atoms with Crippen molar-refractivity contribution in [2.75, 3.05) is 13.1 Å². The molecule has 1 rings (SSSR count). The van der Waals surface area contributed by atoms with Gasteiger partial charge in [0.05, 0.1) is 11.3 Å². The van der Waals surface area contributed by atoms with Crippen LogP contribution in [0, 0.1) is 17.3 Å². The van der Waals surface area contributed by atoms with Crippen LogP contribution in [0.3, 0.4) is 0 Å². The topological polar surface area (TPSA) is 122 Å². The van der Waals surface area contributed by atoms with E-state index in [4.69, 9.17) is 10.8 Å². The van der Waals surface area contributed by atoms with E-state index in [-0.39, 0.29) is 18.4 Å². The van der Waals surface area contributed by atoms with Gasteiger partial charge in [0.1, 0.15) is 0 Å². The highest BCUT2D eigenvalue weighted by atomic mass is 16.4. The van der Waals surface area contributed by atoms with E-state index in [9.17, 15) is 14.4 Å². The van der Waals surface area contributed by atoms with Crippen molar-refractivity contribution in [3.8, 4) is 0 Å². The summed E-state index contributed by atoms with van der Waals surface area (Å²) in [5.41, 5.74) is 4.41. The molecule has 0 aromatic carbocycles. The summed E-state index contributed by atoms with van der Waals surface area (Å²) in [5.74, 6) is -1.70. The van der Waals surface area contributed by atoms with Crippen LogP contribution in [0.4, 0.5) is 4.79 Å². The van der Waals surface area contributed by atoms with Crippen LogP contribution in [0.5, 0.6) is 0 Å². The zero-order valence-electron chi connectivity index (χ0n) is 12.6. The van der Waals surface area contributed by atoms with E-state index in [1.807, 2.05) is 0 Å². The van der Waals surface area contributed by atoms with Gasteiger partial charge in [0, 0.05) is 13.1 Å². The van der Waals surface area contributed by atoms with Crippen molar-refractivity contribution in [2.24, 2.45) is 23.0 Å². The fourth-order valence-electron chi connectivity index (χ4n) is 2.45. The molecule has 0 radical (unpaired) electrons. The molecule has 7 heteroatoms. The Bertz CT molecular complexity index is 409. The van der Waals surface area contributed by atoms with Crippen LogP contribution >= 0.6 is 0 Å². The summed E-state index contributed by atoms with van der Waals surface area (Å²) in [6.07, 6.45) is 3.39. The van der Waals surface area contributed by atoms with E-state index < -0.39 is 23.3 Å². The maximum atomic E-state index is 11.7. The molecule has 1 fully saturated rings. The second-order valence-electron chi connectivity index (χ2n) is 6.30. The highest BCUT2D eigenvalue weighted by Gasteiger charge is 2.31. The Morgan fingerprint density at radius 3 is 2.38 bits per heavy atom. The van der Waals surface area contributed by atoms with E-state index in [0.29, 0.717) is 13.0 Å². The molecule has 3 amide bonds. The van der Waals surface area contributed by atoms with E-state index in [1.165, 1.54) is 0 Å². The number of aliphatic carboxylic acids is 1. The van der Waals surface area contributed by atoms with Gasteiger partial charge in [-0.25, -0.2) is 4.79 Å². The fraction of sp³-hybridized carbons (Fsp3) is 0.786. The standard InChI is InChI=1S/C14H25N3O4/c1-14(2,12(15)20)8-17-13(21)16-7-9-5-3-4-6-10(9)11(18)19/h9-10H,3-8H2,1-2H3,(H2,15,20)(H,18,19)(H2,16,17,21). The number of hydrogen-bond donors (Lipinski definition) is 4. The average molecular weight is 299 g/mol. The number of rotatable bonds is 6. The minimum atomic E-state index is -0.814. The number of urea groups is 1. The molecule has 0 aromatic heterocycles. The molecule has 0 bridgehead atoms. The number of carbonyl (C=O) groups excluding carboxylic acids is 2. The normalized spacial score (nSPS) is 22.4. The van der Waals surface area contributed by atoms with Gasteiger partial charge in [-0.2, -0.15) is 0 Å². The first-order chi connectivity index (χ1) is 9.74. The van der Waals surface area contributed by atoms with Gasteiger partial charge in [-0.15, -0.1) is 0 Å². The lowest BCUT2D eigenvalue weighted by Gasteiger charge is -2.28. The minimum Gasteiger partial charge on any atom is -0.481 e. The van der Waals surface area contributed by atoms with Gasteiger partial charge >= 0.3 is 12.0 Å². The molecule has 0 aromatic rings. The van der Waals surface area contributed by atoms with Gasteiger partial charge in [0.25, 0.3) is 0 Å². The maximum Gasteiger partial charge on any atom is 0.314 e. The third-order valence-corrected chi connectivity index (χ3v) is 4.11. The second-order valence-corrected chi connectivity index (χ2v) is 6.30. The number of hydrogen-bond acceptors (Lipinski definition) is 3. The van der Waals surface area contributed by atoms with Gasteiger partial charge in [0.15, 0.2) is 0 Å². The van der Waals surface area contributed by atoms with Crippen molar-refractivity contribution < 1.29 is 19.5 Å². The number of primary amides is 1. The number of carbonyl (C=O) groups is 3. The summed E-state index contributed by atoms with van der Waals surface area (Å²) in [5, 5.41) is 14.4. The summed E-state index contributed by atoms with van der Waals surface area (Å²) >= 11 is 0. The lowest BCUT2D eigenvalue weighted by Crippen LogP contribution is -2.47. The summed E-state index contributed by atoms with van der Waals surface area (Å²) in [7, 11) is 0. The van der Waals surface area contributed by atoms with E-state index in [0.717, 1.165) is 19.3 Å². The number of nitrogens with two attached hydrogens (primary N) is 1. The molecule has 1 aliphatic rings. The molecule has 120 valence electrons. The molecule has 0 saturated heterocycles. The fourth-order valence-corrected chi connectivity index (χ4v) is 2.45. The molecular weight excluding hydrogens is 274 g/mol. The smallest absolute Gasteiger partial charge is 0.314 e. The maximum absolute atomic E-state index is 11.7. The van der Waals surface area contributed by atoms with E-state index in [1.54, 1.807) is 13.8 Å². The van der Waals surface area contributed by atoms with Crippen LogP contribution in [-0.4, -0.2) is 36.1 Å². The number of carboxylic acid groups (broad SMARTS) is 1. The molecule has 0 spiro atoms. The predicted octanol–water partition coefficient (Wildman–Crippen LogP) is 0.688. The van der Waals surface area contributed by atoms with Crippen molar-refractivity contribution in [1.82, 2.24) is 10.6 Å². The van der Waals surface area contributed by atoms with Crippen LogP contribution in [0.15, 0.2) is 0 Å². The molecule has 2 unspecified atom stereocenters. The SMILES string of the molecule is CC(C)(CNC(=O)NCC1CCCCC1C(=O)O)C(N)=O. The average Bonchev–Trinajstić information content (AvgIpc) is 2.43. The third-order valence-electron chi connectivity index (χ3n) is 4.11. The molecule has 1 aliphatic carbocycles. The molecule has 7 nitrogen and oxygen atoms in total. The molecule has 5 N–H and O–H groups in total. The van der Waals surface area contributed by atoms with E-state index >= 15 is 0 Å².